The van der Waals surface area contributed by atoms with E-state index in [1.807, 2.05) is 13.8 Å². The molecule has 0 aromatic carbocycles. The van der Waals surface area contributed by atoms with E-state index in [0.717, 1.165) is 25.7 Å². The predicted molar refractivity (Wildman–Crippen MR) is 67.5 cm³/mol. The number of rotatable bonds is 4. The van der Waals surface area contributed by atoms with E-state index in [1.54, 1.807) is 0 Å². The second-order valence-corrected chi connectivity index (χ2v) is 5.70. The average molecular weight is 242 g/mol. The van der Waals surface area contributed by atoms with Crippen LogP contribution in [0, 0.1) is 17.8 Å². The first-order chi connectivity index (χ1) is 7.94. The average Bonchev–Trinajstić information content (AvgIpc) is 2.29. The number of esters is 1. The highest BCUT2D eigenvalue weighted by Crippen LogP contribution is 2.41. The molecule has 1 aliphatic carbocycles. The van der Waals surface area contributed by atoms with Gasteiger partial charge in [0.15, 0.2) is 0 Å². The summed E-state index contributed by atoms with van der Waals surface area (Å²) in [4.78, 5) is 11.8. The quantitative estimate of drug-likeness (QED) is 0.771. The van der Waals surface area contributed by atoms with Gasteiger partial charge in [0.2, 0.25) is 0 Å². The van der Waals surface area contributed by atoms with Gasteiger partial charge >= 0.3 is 5.97 Å². The fourth-order valence-corrected chi connectivity index (χ4v) is 3.14. The summed E-state index contributed by atoms with van der Waals surface area (Å²) in [7, 11) is 1.40. The van der Waals surface area contributed by atoms with E-state index >= 15 is 0 Å². The largest absolute Gasteiger partial charge is 0.469 e. The molecule has 0 amide bonds. The smallest absolute Gasteiger partial charge is 0.311 e. The molecule has 1 atom stereocenters. The predicted octanol–water partition coefficient (Wildman–Crippen LogP) is 2.76. The van der Waals surface area contributed by atoms with Gasteiger partial charge in [-0.05, 0) is 37.5 Å². The molecule has 0 bridgehead atoms. The Labute approximate surface area is 105 Å². The number of carbonyl (C=O) groups excluding carboxylic acids is 1. The number of ether oxygens (including phenoxy) is 1. The highest BCUT2D eigenvalue weighted by Gasteiger charge is 2.45. The summed E-state index contributed by atoms with van der Waals surface area (Å²) in [5.41, 5.74) is -0.854. The summed E-state index contributed by atoms with van der Waals surface area (Å²) in [6, 6.07) is 0. The third-order valence-corrected chi connectivity index (χ3v) is 4.25. The first-order valence-electron chi connectivity index (χ1n) is 6.74. The Balaban J connectivity index is 2.77. The first-order valence-corrected chi connectivity index (χ1v) is 6.74. The number of aliphatic hydroxyl groups is 1. The van der Waals surface area contributed by atoms with Crippen molar-refractivity contribution >= 4 is 5.97 Å². The maximum absolute atomic E-state index is 11.8. The maximum Gasteiger partial charge on any atom is 0.311 e. The van der Waals surface area contributed by atoms with E-state index in [2.05, 4.69) is 6.92 Å². The molecule has 1 rings (SSSR count). The zero-order chi connectivity index (χ0) is 13.1. The molecule has 0 aliphatic heterocycles. The molecular weight excluding hydrogens is 216 g/mol. The van der Waals surface area contributed by atoms with Crippen molar-refractivity contribution in [2.24, 2.45) is 17.8 Å². The zero-order valence-electron chi connectivity index (χ0n) is 11.5. The van der Waals surface area contributed by atoms with Crippen molar-refractivity contribution < 1.29 is 14.6 Å². The van der Waals surface area contributed by atoms with E-state index in [1.165, 1.54) is 13.5 Å². The number of methoxy groups -OCH3 is 1. The van der Waals surface area contributed by atoms with E-state index in [0.29, 0.717) is 5.92 Å². The van der Waals surface area contributed by atoms with Gasteiger partial charge in [0.1, 0.15) is 0 Å². The van der Waals surface area contributed by atoms with E-state index in [-0.39, 0.29) is 17.8 Å². The van der Waals surface area contributed by atoms with Gasteiger partial charge in [-0.25, -0.2) is 0 Å². The molecule has 1 saturated carbocycles. The van der Waals surface area contributed by atoms with Crippen LogP contribution in [0.2, 0.25) is 0 Å². The van der Waals surface area contributed by atoms with E-state index in [4.69, 9.17) is 4.74 Å². The topological polar surface area (TPSA) is 46.5 Å². The summed E-state index contributed by atoms with van der Waals surface area (Å²) in [5.74, 6) is 0.175. The Morgan fingerprint density at radius 1 is 1.41 bits per heavy atom. The van der Waals surface area contributed by atoms with Gasteiger partial charge in [0.25, 0.3) is 0 Å². The minimum Gasteiger partial charge on any atom is -0.469 e. The molecule has 3 heteroatoms. The molecule has 0 aromatic rings. The van der Waals surface area contributed by atoms with Crippen molar-refractivity contribution in [3.8, 4) is 0 Å². The van der Waals surface area contributed by atoms with Crippen LogP contribution in [-0.2, 0) is 9.53 Å². The monoisotopic (exact) mass is 242 g/mol. The van der Waals surface area contributed by atoms with Gasteiger partial charge < -0.3 is 9.84 Å². The Morgan fingerprint density at radius 3 is 2.29 bits per heavy atom. The van der Waals surface area contributed by atoms with Gasteiger partial charge in [-0.15, -0.1) is 0 Å². The van der Waals surface area contributed by atoms with Crippen LogP contribution in [0.15, 0.2) is 0 Å². The third kappa shape index (κ3) is 3.21. The van der Waals surface area contributed by atoms with Crippen molar-refractivity contribution in [1.82, 2.24) is 0 Å². The number of hydrogen-bond donors (Lipinski definition) is 1. The standard InChI is InChI=1S/C14H26O3/c1-5-11-6-8-14(16,9-7-11)12(10(2)3)13(15)17-4/h10-12,16H,5-9H2,1-4H3. The SMILES string of the molecule is CCC1CCC(O)(C(C(=O)OC)C(C)C)CC1. The molecule has 1 N–H and O–H groups in total. The van der Waals surface area contributed by atoms with E-state index < -0.39 is 5.60 Å². The summed E-state index contributed by atoms with van der Waals surface area (Å²) < 4.78 is 4.85. The van der Waals surface area contributed by atoms with Gasteiger partial charge in [-0.1, -0.05) is 27.2 Å². The lowest BCUT2D eigenvalue weighted by Gasteiger charge is -2.41. The molecular formula is C14H26O3. The minimum absolute atomic E-state index is 0.116. The summed E-state index contributed by atoms with van der Waals surface area (Å²) in [6.07, 6.45) is 4.66. The Bertz CT molecular complexity index is 252. The second kappa shape index (κ2) is 5.85. The van der Waals surface area contributed by atoms with E-state index in [9.17, 15) is 9.90 Å². The third-order valence-electron chi connectivity index (χ3n) is 4.25. The van der Waals surface area contributed by atoms with Crippen molar-refractivity contribution in [3.63, 3.8) is 0 Å². The summed E-state index contributed by atoms with van der Waals surface area (Å²) in [5, 5.41) is 10.7. The lowest BCUT2D eigenvalue weighted by atomic mass is 9.68. The van der Waals surface area contributed by atoms with Crippen LogP contribution in [0.3, 0.4) is 0 Å². The molecule has 0 aromatic heterocycles. The molecule has 0 heterocycles. The van der Waals surface area contributed by atoms with Gasteiger partial charge in [0, 0.05) is 0 Å². The van der Waals surface area contributed by atoms with Crippen LogP contribution in [0.4, 0.5) is 0 Å². The lowest BCUT2D eigenvalue weighted by molar-refractivity contribution is -0.163. The number of hydrogen-bond acceptors (Lipinski definition) is 3. The van der Waals surface area contributed by atoms with Crippen LogP contribution in [0.1, 0.15) is 52.9 Å². The molecule has 1 fully saturated rings. The van der Waals surface area contributed by atoms with Gasteiger partial charge in [0.05, 0.1) is 18.6 Å². The highest BCUT2D eigenvalue weighted by atomic mass is 16.5. The zero-order valence-corrected chi connectivity index (χ0v) is 11.5. The van der Waals surface area contributed by atoms with Crippen molar-refractivity contribution in [2.75, 3.05) is 7.11 Å². The van der Waals surface area contributed by atoms with Crippen molar-refractivity contribution in [3.05, 3.63) is 0 Å². The molecule has 100 valence electrons. The second-order valence-electron chi connectivity index (χ2n) is 5.70. The Morgan fingerprint density at radius 2 is 1.94 bits per heavy atom. The first kappa shape index (κ1) is 14.5. The summed E-state index contributed by atoms with van der Waals surface area (Å²) >= 11 is 0. The molecule has 17 heavy (non-hydrogen) atoms. The van der Waals surface area contributed by atoms with Crippen LogP contribution in [-0.4, -0.2) is 23.8 Å². The summed E-state index contributed by atoms with van der Waals surface area (Å²) in [6.45, 7) is 6.15. The molecule has 1 aliphatic rings. The van der Waals surface area contributed by atoms with Crippen LogP contribution >= 0.6 is 0 Å². The molecule has 3 nitrogen and oxygen atoms in total. The normalized spacial score (nSPS) is 31.3. The van der Waals surface area contributed by atoms with Gasteiger partial charge in [-0.3, -0.25) is 4.79 Å². The molecule has 0 radical (unpaired) electrons. The maximum atomic E-state index is 11.8. The van der Waals surface area contributed by atoms with Gasteiger partial charge in [-0.2, -0.15) is 0 Å². The Hall–Kier alpha value is -0.570. The Kier molecular flexibility index (Phi) is 4.99. The van der Waals surface area contributed by atoms with Crippen molar-refractivity contribution in [1.29, 1.82) is 0 Å². The minimum atomic E-state index is -0.854. The highest BCUT2D eigenvalue weighted by molar-refractivity contribution is 5.74. The fourth-order valence-electron chi connectivity index (χ4n) is 3.14. The molecule has 0 saturated heterocycles. The lowest BCUT2D eigenvalue weighted by Crippen LogP contribution is -2.48. The fraction of sp³-hybridized carbons (Fsp3) is 0.929. The van der Waals surface area contributed by atoms with Crippen LogP contribution in [0.5, 0.6) is 0 Å². The van der Waals surface area contributed by atoms with Crippen LogP contribution in [0.25, 0.3) is 0 Å². The van der Waals surface area contributed by atoms with Crippen LogP contribution < -0.4 is 0 Å². The number of carbonyl (C=O) groups is 1. The van der Waals surface area contributed by atoms with Crippen molar-refractivity contribution in [2.45, 2.75) is 58.5 Å². The molecule has 1 unspecified atom stereocenters. The molecule has 0 spiro atoms.